The maximum atomic E-state index is 13.3. The Labute approximate surface area is 122 Å². The van der Waals surface area contributed by atoms with Crippen molar-refractivity contribution in [3.63, 3.8) is 0 Å². The first-order valence-electron chi connectivity index (χ1n) is 6.55. The quantitative estimate of drug-likeness (QED) is 0.816. The maximum absolute atomic E-state index is 13.3. The molecule has 3 rings (SSSR count). The van der Waals surface area contributed by atoms with Gasteiger partial charge in [-0.3, -0.25) is 0 Å². The number of sulfone groups is 1. The van der Waals surface area contributed by atoms with Crippen molar-refractivity contribution in [1.29, 1.82) is 0 Å². The molecule has 21 heavy (non-hydrogen) atoms. The van der Waals surface area contributed by atoms with E-state index >= 15 is 0 Å². The summed E-state index contributed by atoms with van der Waals surface area (Å²) in [5.41, 5.74) is 0.552. The molecule has 0 saturated heterocycles. The molecule has 2 aromatic carbocycles. The van der Waals surface area contributed by atoms with Gasteiger partial charge in [0, 0.05) is 11.8 Å². The highest BCUT2D eigenvalue weighted by atomic mass is 32.2. The molecule has 108 valence electrons. The second-order valence-electron chi connectivity index (χ2n) is 5.12. The van der Waals surface area contributed by atoms with Crippen molar-refractivity contribution in [2.45, 2.75) is 16.1 Å². The first kappa shape index (κ1) is 13.9. The molecule has 0 spiro atoms. The second-order valence-corrected chi connectivity index (χ2v) is 7.22. The largest absolute Gasteiger partial charge is 0.303 e. The molecule has 0 unspecified atom stereocenters. The van der Waals surface area contributed by atoms with Crippen molar-refractivity contribution < 1.29 is 17.6 Å². The summed E-state index contributed by atoms with van der Waals surface area (Å²) in [4.78, 5) is 11.4. The summed E-state index contributed by atoms with van der Waals surface area (Å²) in [6.07, 6.45) is 0.654. The average Bonchev–Trinajstić information content (AvgIpc) is 3.23. The van der Waals surface area contributed by atoms with E-state index in [2.05, 4.69) is 0 Å². The molecule has 0 radical (unpaired) electrons. The third-order valence-electron chi connectivity index (χ3n) is 3.83. The molecule has 0 aromatic heterocycles. The van der Waals surface area contributed by atoms with Crippen molar-refractivity contribution in [3.05, 3.63) is 66.0 Å². The molecule has 3 atom stereocenters. The second kappa shape index (κ2) is 5.07. The Morgan fingerprint density at radius 2 is 1.71 bits per heavy atom. The van der Waals surface area contributed by atoms with E-state index in [-0.39, 0.29) is 4.90 Å². The van der Waals surface area contributed by atoms with Crippen LogP contribution in [-0.4, -0.2) is 20.0 Å². The first-order chi connectivity index (χ1) is 10.1. The van der Waals surface area contributed by atoms with Crippen LogP contribution in [-0.2, 0) is 14.6 Å². The molecule has 1 saturated carbocycles. The number of halogens is 1. The summed E-state index contributed by atoms with van der Waals surface area (Å²) in [6.45, 7) is 0. The number of hydrogen-bond donors (Lipinski definition) is 0. The lowest BCUT2D eigenvalue weighted by Gasteiger charge is -2.04. The zero-order valence-electron chi connectivity index (χ0n) is 11.0. The minimum Gasteiger partial charge on any atom is -0.303 e. The molecule has 0 aliphatic heterocycles. The van der Waals surface area contributed by atoms with E-state index in [1.165, 1.54) is 30.3 Å². The Hall–Kier alpha value is -2.01. The third kappa shape index (κ3) is 2.38. The van der Waals surface area contributed by atoms with Crippen molar-refractivity contribution in [3.8, 4) is 0 Å². The number of rotatable bonds is 4. The molecule has 1 aliphatic rings. The summed E-state index contributed by atoms with van der Waals surface area (Å²) in [5, 5.41) is -0.806. The van der Waals surface area contributed by atoms with Gasteiger partial charge in [0.2, 0.25) is 0 Å². The molecule has 0 N–H and O–H groups in total. The van der Waals surface area contributed by atoms with E-state index in [9.17, 15) is 17.6 Å². The van der Waals surface area contributed by atoms with Crippen LogP contribution < -0.4 is 0 Å². The van der Waals surface area contributed by atoms with Crippen molar-refractivity contribution in [2.75, 3.05) is 0 Å². The Balaban J connectivity index is 1.98. The van der Waals surface area contributed by atoms with Crippen LogP contribution in [0.3, 0.4) is 0 Å². The predicted octanol–water partition coefficient (Wildman–Crippen LogP) is 2.58. The van der Waals surface area contributed by atoms with Gasteiger partial charge in [-0.25, -0.2) is 12.8 Å². The molecular formula is C16H13FO3S. The highest BCUT2D eigenvalue weighted by Crippen LogP contribution is 2.52. The van der Waals surface area contributed by atoms with Crippen molar-refractivity contribution >= 4 is 16.1 Å². The Bertz CT molecular complexity index is 771. The number of carbonyl (C=O) groups is 1. The topological polar surface area (TPSA) is 51.2 Å². The first-order valence-corrected chi connectivity index (χ1v) is 8.10. The number of carbonyl (C=O) groups excluding carboxylic acids is 1. The van der Waals surface area contributed by atoms with Crippen LogP contribution in [0.1, 0.15) is 11.5 Å². The van der Waals surface area contributed by atoms with Gasteiger partial charge in [-0.1, -0.05) is 30.3 Å². The Morgan fingerprint density at radius 1 is 1.00 bits per heavy atom. The molecule has 5 heteroatoms. The molecule has 0 amide bonds. The minimum absolute atomic E-state index is 0.195. The number of hydrogen-bond acceptors (Lipinski definition) is 3. The smallest absolute Gasteiger partial charge is 0.182 e. The van der Waals surface area contributed by atoms with E-state index in [1.807, 2.05) is 0 Å². The van der Waals surface area contributed by atoms with Gasteiger partial charge in [0.15, 0.2) is 9.84 Å². The highest BCUT2D eigenvalue weighted by molar-refractivity contribution is 7.92. The summed E-state index contributed by atoms with van der Waals surface area (Å²) in [5.74, 6) is -1.51. The van der Waals surface area contributed by atoms with E-state index in [4.69, 9.17) is 0 Å². The lowest BCUT2D eigenvalue weighted by atomic mass is 10.1. The monoisotopic (exact) mass is 304 g/mol. The van der Waals surface area contributed by atoms with Crippen LogP contribution in [0, 0.1) is 11.7 Å². The summed E-state index contributed by atoms with van der Waals surface area (Å²) >= 11 is 0. The molecule has 2 aromatic rings. The van der Waals surface area contributed by atoms with Gasteiger partial charge < -0.3 is 4.79 Å². The number of benzene rings is 2. The lowest BCUT2D eigenvalue weighted by molar-refractivity contribution is -0.108. The predicted molar refractivity (Wildman–Crippen MR) is 76.1 cm³/mol. The van der Waals surface area contributed by atoms with Crippen molar-refractivity contribution in [2.24, 2.45) is 5.92 Å². The lowest BCUT2D eigenvalue weighted by Crippen LogP contribution is -2.10. The van der Waals surface area contributed by atoms with Gasteiger partial charge in [0.05, 0.1) is 10.1 Å². The van der Waals surface area contributed by atoms with E-state index in [0.717, 1.165) is 0 Å². The summed E-state index contributed by atoms with van der Waals surface area (Å²) in [6, 6.07) is 13.8. The fourth-order valence-corrected chi connectivity index (χ4v) is 4.89. The van der Waals surface area contributed by atoms with Gasteiger partial charge in [-0.2, -0.15) is 0 Å². The van der Waals surface area contributed by atoms with Crippen LogP contribution in [0.25, 0.3) is 0 Å². The molecule has 0 bridgehead atoms. The highest BCUT2D eigenvalue weighted by Gasteiger charge is 2.59. The Kier molecular flexibility index (Phi) is 3.37. The molecular weight excluding hydrogens is 291 g/mol. The molecule has 0 heterocycles. The Morgan fingerprint density at radius 3 is 2.33 bits per heavy atom. The fourth-order valence-electron chi connectivity index (χ4n) is 2.76. The number of aldehydes is 1. The van der Waals surface area contributed by atoms with Gasteiger partial charge in [0.25, 0.3) is 0 Å². The van der Waals surface area contributed by atoms with E-state index < -0.39 is 32.7 Å². The summed E-state index contributed by atoms with van der Waals surface area (Å²) < 4.78 is 38.5. The third-order valence-corrected chi connectivity index (χ3v) is 6.08. The average molecular weight is 304 g/mol. The standard InChI is InChI=1S/C16H13FO3S/c17-12-6-4-5-11(9-12)15-14(10-18)16(15)21(19,20)13-7-2-1-3-8-13/h1-10,14-16H/t14-,15+,16-/m1/s1. The van der Waals surface area contributed by atoms with Crippen LogP contribution in [0.5, 0.6) is 0 Å². The summed E-state index contributed by atoms with van der Waals surface area (Å²) in [7, 11) is -3.59. The normalized spacial score (nSPS) is 24.5. The fraction of sp³-hybridized carbons (Fsp3) is 0.188. The van der Waals surface area contributed by atoms with E-state index in [1.54, 1.807) is 24.3 Å². The van der Waals surface area contributed by atoms with Gasteiger partial charge in [-0.05, 0) is 29.8 Å². The zero-order valence-corrected chi connectivity index (χ0v) is 11.8. The molecule has 1 aliphatic carbocycles. The maximum Gasteiger partial charge on any atom is 0.182 e. The molecule has 1 fully saturated rings. The van der Waals surface area contributed by atoms with Crippen LogP contribution >= 0.6 is 0 Å². The van der Waals surface area contributed by atoms with Crippen LogP contribution in [0.2, 0.25) is 0 Å². The molecule has 3 nitrogen and oxygen atoms in total. The van der Waals surface area contributed by atoms with E-state index in [0.29, 0.717) is 11.8 Å². The SMILES string of the molecule is O=C[C@@H]1[C@H](c2cccc(F)c2)[C@@H]1S(=O)(=O)c1ccccc1. The van der Waals surface area contributed by atoms with Gasteiger partial charge >= 0.3 is 0 Å². The van der Waals surface area contributed by atoms with Gasteiger partial charge in [-0.15, -0.1) is 0 Å². The van der Waals surface area contributed by atoms with Gasteiger partial charge in [0.1, 0.15) is 12.1 Å². The zero-order chi connectivity index (χ0) is 15.0. The minimum atomic E-state index is -3.59. The van der Waals surface area contributed by atoms with Crippen LogP contribution in [0.15, 0.2) is 59.5 Å². The van der Waals surface area contributed by atoms with Crippen LogP contribution in [0.4, 0.5) is 4.39 Å². The van der Waals surface area contributed by atoms with Crippen molar-refractivity contribution in [1.82, 2.24) is 0 Å².